The van der Waals surface area contributed by atoms with Crippen molar-refractivity contribution in [2.45, 2.75) is 38.5 Å². The standard InChI is InChI=1S/C28H31N7O5.C14H16N4O3.C14H17N3O3.33F2/c1-18-3-5-20(25-31-27(40-32-25)21-16-34(17-21)28(37)38-2)13-22(18)30-26(36)23-14-29-24-6-4-19(15-35(23)24)7-8-33-9-11-39-12-10-33;1-8-3-4-9(5-11(8)15)12-16-13(21-17-12)10-6-18(7-10)14(19)20-2;18-14(19)12-9-15-13-2-1-11(10-17(12)13)3-4-16-5-7-20-8-6-16;33*1-2/h3-6,13-15,21H,7-12,16-17H2,1-2H3,(H,30,36);3-5,10H,6-7,15H2,1-2H3;1-2,9-10H,3-8H2,(H,18,19);;;;;;;;;;;;;;;;;;;;;;;;;;;;;;;;;. The number of ether oxygens (including phenoxy) is 4. The third-order valence-electron chi connectivity index (χ3n) is 14.7. The van der Waals surface area contributed by atoms with Crippen LogP contribution in [-0.4, -0.2) is 194 Å². The zero-order valence-electron chi connectivity index (χ0n) is 70.5. The summed E-state index contributed by atoms with van der Waals surface area (Å²) in [6, 6.07) is 19.1. The molecule has 0 spiro atoms. The molecule has 10 heterocycles. The first-order chi connectivity index (χ1) is 72.3. The Morgan fingerprint density at radius 3 is 0.891 bits per heavy atom. The molecule has 8 aromatic rings. The van der Waals surface area contributed by atoms with Crippen LogP contribution in [0.5, 0.6) is 0 Å². The maximum absolute atomic E-state index is 13.4. The van der Waals surface area contributed by atoms with Crippen molar-refractivity contribution in [1.29, 1.82) is 0 Å². The first-order valence-corrected chi connectivity index (χ1v) is 31.4. The highest BCUT2D eigenvalue weighted by atomic mass is 20.1. The van der Waals surface area contributed by atoms with E-state index in [0.717, 1.165) is 106 Å². The summed E-state index contributed by atoms with van der Waals surface area (Å²) in [6.45, 7) is 14.7. The predicted molar refractivity (Wildman–Crippen MR) is 367 cm³/mol. The molecule has 25 nitrogen and oxygen atoms in total. The topological polar surface area (TPSA) is 289 Å². The largest absolute Gasteiger partial charge is 0.477 e. The number of aromatic carboxylic acids is 1. The number of imidazole rings is 2. The molecule has 4 aliphatic heterocycles. The summed E-state index contributed by atoms with van der Waals surface area (Å²) < 4.78 is 562. The number of aromatic nitrogens is 8. The molecule has 0 unspecified atom stereocenters. The van der Waals surface area contributed by atoms with Gasteiger partial charge in [0.2, 0.25) is 23.4 Å². The lowest BCUT2D eigenvalue weighted by Gasteiger charge is -2.35. The summed E-state index contributed by atoms with van der Waals surface area (Å²) in [5.74, 6) is 0.745. The second kappa shape index (κ2) is 178. The molecule has 6 aromatic heterocycles. The van der Waals surface area contributed by atoms with Gasteiger partial charge >= 0.3 is 18.2 Å². The number of nitrogen functional groups attached to an aromatic ring is 1. The first-order valence-electron chi connectivity index (χ1n) is 31.4. The molecule has 0 radical (unpaired) electrons. The van der Waals surface area contributed by atoms with E-state index < -0.39 is 5.97 Å². The number of carboxylic acids is 1. The average molecular weight is 2360 g/mol. The fourth-order valence-electron chi connectivity index (χ4n) is 9.62. The zero-order chi connectivity index (χ0) is 123. The molecule has 886 valence electrons. The predicted octanol–water partition coefficient (Wildman–Crippen LogP) is 33.4. The monoisotopic (exact) mass is 2360 g/mol. The third kappa shape index (κ3) is 92.2. The molecule has 0 saturated carbocycles. The van der Waals surface area contributed by atoms with E-state index in [9.17, 15) is 19.2 Å². The number of carbonyl (C=O) groups is 4. The minimum atomic E-state index is -0.956. The van der Waals surface area contributed by atoms with E-state index in [1.54, 1.807) is 20.4 Å². The number of benzene rings is 2. The molecular weight excluding hydrogens is 2300 g/mol. The number of nitrogens with zero attached hydrogens (tertiary/aromatic N) is 12. The number of morpholine rings is 2. The van der Waals surface area contributed by atoms with E-state index in [-0.39, 0.29) is 35.6 Å². The Kier molecular flexibility index (Phi) is 237. The number of methoxy groups -OCH3 is 2. The van der Waals surface area contributed by atoms with Gasteiger partial charge in [-0.05, 0) is 73.2 Å². The zero-order valence-corrected chi connectivity index (χ0v) is 70.5. The Morgan fingerprint density at radius 2 is 0.626 bits per heavy atom. The Bertz CT molecular complexity index is 3660. The number of carboxylic acid groups (broad SMARTS) is 1. The highest BCUT2D eigenvalue weighted by molar-refractivity contribution is 6.04. The second-order valence-electron chi connectivity index (χ2n) is 20.1. The normalized spacial score (nSPS) is 10.1. The number of fused-ring (bicyclic) bond motifs is 2. The van der Waals surface area contributed by atoms with E-state index >= 15 is 0 Å². The molecular formula is C56H64F66N14O11. The van der Waals surface area contributed by atoms with E-state index in [4.69, 9.17) is 336 Å². The van der Waals surface area contributed by atoms with Crippen molar-refractivity contribution >= 4 is 46.7 Å². The van der Waals surface area contributed by atoms with E-state index in [0.29, 0.717) is 83.5 Å². The summed E-state index contributed by atoms with van der Waals surface area (Å²) in [6.07, 6.45) is 7.91. The molecule has 2 aromatic carbocycles. The van der Waals surface area contributed by atoms with Gasteiger partial charge in [-0.2, -0.15) is 9.97 Å². The van der Waals surface area contributed by atoms with Crippen LogP contribution in [0.4, 0.5) is 323 Å². The maximum atomic E-state index is 13.4. The number of pyridine rings is 2. The number of likely N-dealkylation sites (tertiary alicyclic amines) is 2. The van der Waals surface area contributed by atoms with Gasteiger partial charge in [0, 0.05) is 402 Å². The molecule has 4 N–H and O–H groups in total. The molecule has 0 bridgehead atoms. The highest BCUT2D eigenvalue weighted by Crippen LogP contribution is 2.32. The van der Waals surface area contributed by atoms with E-state index in [1.807, 2.05) is 85.2 Å². The molecule has 147 heavy (non-hydrogen) atoms. The summed E-state index contributed by atoms with van der Waals surface area (Å²) in [5.41, 5.74) is 14.9. The van der Waals surface area contributed by atoms with Gasteiger partial charge in [-0.1, -0.05) is 46.7 Å². The van der Waals surface area contributed by atoms with Gasteiger partial charge in [0.1, 0.15) is 17.0 Å². The number of rotatable bonds is 13. The van der Waals surface area contributed by atoms with Crippen molar-refractivity contribution in [2.24, 2.45) is 0 Å². The number of amides is 3. The van der Waals surface area contributed by atoms with E-state index in [1.165, 1.54) is 20.4 Å². The van der Waals surface area contributed by atoms with E-state index in [2.05, 4.69) is 56.2 Å². The fraction of sp³-hybridized carbons (Fsp3) is 0.393. The lowest BCUT2D eigenvalue weighted by Crippen LogP contribution is -2.48. The SMILES string of the molecule is COC(=O)N1CC(c2nc(-c3ccc(C)c(N)c3)no2)C1.COC(=O)N1CC(c2nc(-c3ccc(C)c(NC(=O)c4cnc5ccc(CCN6CCOCC6)cn45)c3)no2)C1.FF.FF.FF.FF.FF.FF.FF.FF.FF.FF.FF.FF.FF.FF.FF.FF.FF.FF.FF.FF.FF.FF.FF.FF.FF.FF.FF.FF.FF.FF.FF.FF.FF.O=C(O)c1cnc2ccc(CCN3CCOCC3)cn12. The number of nitrogens with two attached hydrogens (primary N) is 1. The molecule has 4 saturated heterocycles. The van der Waals surface area contributed by atoms with Crippen molar-refractivity contribution in [3.05, 3.63) is 131 Å². The number of carbonyl (C=O) groups excluding carboxylic acids is 3. The van der Waals surface area contributed by atoms with Gasteiger partial charge in [0.15, 0.2) is 5.69 Å². The van der Waals surface area contributed by atoms with Crippen LogP contribution in [0.2, 0.25) is 0 Å². The average Bonchev–Trinajstić information content (AvgIpc) is 1.73. The molecule has 91 heteroatoms. The van der Waals surface area contributed by atoms with Crippen LogP contribution in [0.15, 0.2) is 94.5 Å². The minimum Gasteiger partial charge on any atom is -0.477 e. The van der Waals surface area contributed by atoms with Gasteiger partial charge in [-0.3, -0.25) is 23.4 Å². The smallest absolute Gasteiger partial charge is 0.409 e. The van der Waals surface area contributed by atoms with Gasteiger partial charge in [0.05, 0.1) is 64.9 Å². The Morgan fingerprint density at radius 1 is 0.367 bits per heavy atom. The third-order valence-corrected chi connectivity index (χ3v) is 14.7. The number of anilines is 2. The number of hydrogen-bond acceptors (Lipinski definition) is 19. The molecule has 12 rings (SSSR count). The minimum absolute atomic E-state index is 0.0288. The van der Waals surface area contributed by atoms with Crippen LogP contribution in [0.1, 0.15) is 66.8 Å². The number of nitrogens with one attached hydrogen (secondary N) is 1. The van der Waals surface area contributed by atoms with Gasteiger partial charge in [-0.15, -0.1) is 0 Å². The van der Waals surface area contributed by atoms with Crippen molar-refractivity contribution in [2.75, 3.05) is 117 Å². The van der Waals surface area contributed by atoms with Crippen molar-refractivity contribution in [3.8, 4) is 22.8 Å². The summed E-state index contributed by atoms with van der Waals surface area (Å²) in [5, 5.41) is 20.2. The van der Waals surface area contributed by atoms with Crippen LogP contribution in [0.25, 0.3) is 34.1 Å². The van der Waals surface area contributed by atoms with Crippen LogP contribution >= 0.6 is 0 Å². The van der Waals surface area contributed by atoms with Crippen molar-refractivity contribution in [3.63, 3.8) is 0 Å². The number of hydrogen-bond donors (Lipinski definition) is 3. The van der Waals surface area contributed by atoms with Crippen LogP contribution in [0, 0.1) is 13.8 Å². The molecule has 0 atom stereocenters. The molecule has 4 aliphatic rings. The Balaban J connectivity index is -0.0000000561. The summed E-state index contributed by atoms with van der Waals surface area (Å²) >= 11 is 0. The van der Waals surface area contributed by atoms with Crippen LogP contribution < -0.4 is 11.1 Å². The molecule has 0 aliphatic carbocycles. The fourth-order valence-corrected chi connectivity index (χ4v) is 9.62. The lowest BCUT2D eigenvalue weighted by molar-refractivity contribution is 0.0384. The highest BCUT2D eigenvalue weighted by Gasteiger charge is 2.38. The van der Waals surface area contributed by atoms with Gasteiger partial charge < -0.3 is 54.0 Å². The lowest BCUT2D eigenvalue weighted by atomic mass is 10.0. The van der Waals surface area contributed by atoms with Crippen LogP contribution in [0.3, 0.4) is 0 Å². The van der Waals surface area contributed by atoms with Gasteiger partial charge in [-0.25, -0.2) is 24.4 Å². The summed E-state index contributed by atoms with van der Waals surface area (Å²) in [4.78, 5) is 72.7. The Hall–Kier alpha value is -13.4. The quantitative estimate of drug-likeness (QED) is 0.0714. The molecule has 3 amide bonds. The Labute approximate surface area is 769 Å². The maximum Gasteiger partial charge on any atom is 0.409 e. The second-order valence-corrected chi connectivity index (χ2v) is 20.1. The summed E-state index contributed by atoms with van der Waals surface area (Å²) in [7, 11) is 2.72. The first kappa shape index (κ1) is 196. The van der Waals surface area contributed by atoms with Crippen LogP contribution in [-0.2, 0) is 31.8 Å². The number of halogens is 66. The van der Waals surface area contributed by atoms with Gasteiger partial charge in [0.25, 0.3) is 5.91 Å². The molecule has 4 fully saturated rings. The van der Waals surface area contributed by atoms with Crippen molar-refractivity contribution in [1.82, 2.24) is 58.7 Å². The van der Waals surface area contributed by atoms with Crippen molar-refractivity contribution < 1.29 is 354 Å². The number of aryl methyl sites for hydroxylation is 2.